The zero-order chi connectivity index (χ0) is 28.1. The van der Waals surface area contributed by atoms with Crippen molar-refractivity contribution in [2.24, 2.45) is 0 Å². The first-order valence-electron chi connectivity index (χ1n) is 13.3. The van der Waals surface area contributed by atoms with Crippen molar-refractivity contribution in [3.8, 4) is 16.9 Å². The molecule has 204 valence electrons. The Labute approximate surface area is 229 Å². The minimum absolute atomic E-state index is 0.0360. The van der Waals surface area contributed by atoms with Gasteiger partial charge >= 0.3 is 5.97 Å². The summed E-state index contributed by atoms with van der Waals surface area (Å²) in [5, 5.41) is 5.19. The number of rotatable bonds is 10. The fourth-order valence-corrected chi connectivity index (χ4v) is 4.84. The first-order valence-corrected chi connectivity index (χ1v) is 13.3. The van der Waals surface area contributed by atoms with Gasteiger partial charge in [0.1, 0.15) is 17.4 Å². The van der Waals surface area contributed by atoms with Gasteiger partial charge in [0, 0.05) is 18.5 Å². The highest BCUT2D eigenvalue weighted by Crippen LogP contribution is 2.34. The molecule has 39 heavy (non-hydrogen) atoms. The van der Waals surface area contributed by atoms with E-state index in [0.29, 0.717) is 22.9 Å². The van der Waals surface area contributed by atoms with Crippen LogP contribution in [0.5, 0.6) is 5.75 Å². The first kappa shape index (κ1) is 28.2. The number of halogens is 2. The van der Waals surface area contributed by atoms with Crippen LogP contribution in [0, 0.1) is 11.6 Å². The van der Waals surface area contributed by atoms with Crippen molar-refractivity contribution >= 4 is 16.7 Å². The van der Waals surface area contributed by atoms with Crippen molar-refractivity contribution in [1.82, 2.24) is 5.32 Å². The smallest absolute Gasteiger partial charge is 0.306 e. The van der Waals surface area contributed by atoms with E-state index >= 15 is 0 Å². The molecule has 1 N–H and O–H groups in total. The normalized spacial score (nSPS) is 12.9. The van der Waals surface area contributed by atoms with Crippen molar-refractivity contribution in [2.75, 3.05) is 7.11 Å². The molecule has 0 saturated heterocycles. The van der Waals surface area contributed by atoms with E-state index in [1.165, 1.54) is 24.3 Å². The molecule has 0 heterocycles. The summed E-state index contributed by atoms with van der Waals surface area (Å²) in [4.78, 5) is 12.1. The Kier molecular flexibility index (Phi) is 8.97. The fraction of sp³-hybridized carbons (Fsp3) is 0.303. The molecular weight excluding hydrogens is 496 g/mol. The number of carbonyl (C=O) groups is 1. The van der Waals surface area contributed by atoms with E-state index in [1.807, 2.05) is 42.5 Å². The lowest BCUT2D eigenvalue weighted by Crippen LogP contribution is -2.22. The number of fused-ring (bicyclic) bond motifs is 1. The molecular formula is C33H35F2NO3. The third-order valence-electron chi connectivity index (χ3n) is 6.79. The van der Waals surface area contributed by atoms with E-state index in [4.69, 9.17) is 9.47 Å². The number of ether oxygens (including phenoxy) is 2. The van der Waals surface area contributed by atoms with Crippen LogP contribution >= 0.6 is 0 Å². The lowest BCUT2D eigenvalue weighted by atomic mass is 9.91. The fourth-order valence-electron chi connectivity index (χ4n) is 4.84. The monoisotopic (exact) mass is 531 g/mol. The number of esters is 1. The van der Waals surface area contributed by atoms with Crippen molar-refractivity contribution in [3.05, 3.63) is 101 Å². The van der Waals surface area contributed by atoms with Crippen LogP contribution < -0.4 is 10.1 Å². The van der Waals surface area contributed by atoms with E-state index in [2.05, 4.69) is 19.2 Å². The highest BCUT2D eigenvalue weighted by Gasteiger charge is 2.17. The van der Waals surface area contributed by atoms with Crippen molar-refractivity contribution < 1.29 is 23.0 Å². The molecule has 2 atom stereocenters. The number of hydrogen-bond acceptors (Lipinski definition) is 4. The summed E-state index contributed by atoms with van der Waals surface area (Å²) < 4.78 is 39.7. The maximum atomic E-state index is 14.8. The second-order valence-corrected chi connectivity index (χ2v) is 10.2. The van der Waals surface area contributed by atoms with Gasteiger partial charge < -0.3 is 14.8 Å². The topological polar surface area (TPSA) is 47.6 Å². The number of nitrogens with one attached hydrogen (secondary N) is 1. The molecule has 0 aliphatic heterocycles. The third kappa shape index (κ3) is 7.21. The Hall–Kier alpha value is -3.77. The van der Waals surface area contributed by atoms with E-state index in [1.54, 1.807) is 27.0 Å². The lowest BCUT2D eigenvalue weighted by molar-refractivity contribution is -0.147. The summed E-state index contributed by atoms with van der Waals surface area (Å²) in [7, 11) is 1.65. The van der Waals surface area contributed by atoms with Crippen LogP contribution in [0.15, 0.2) is 72.8 Å². The van der Waals surface area contributed by atoms with E-state index < -0.39 is 5.82 Å². The molecule has 0 aliphatic carbocycles. The van der Waals surface area contributed by atoms with Gasteiger partial charge in [-0.3, -0.25) is 4.79 Å². The average molecular weight is 532 g/mol. The van der Waals surface area contributed by atoms with Gasteiger partial charge in [-0.1, -0.05) is 24.3 Å². The molecule has 4 rings (SSSR count). The molecule has 0 saturated carbocycles. The largest absolute Gasteiger partial charge is 0.497 e. The zero-order valence-electron chi connectivity index (χ0n) is 23.1. The second-order valence-electron chi connectivity index (χ2n) is 10.2. The lowest BCUT2D eigenvalue weighted by Gasteiger charge is -2.23. The number of carbonyl (C=O) groups excluding carboxylic acids is 1. The molecule has 0 aromatic heterocycles. The van der Waals surface area contributed by atoms with Gasteiger partial charge in [-0.2, -0.15) is 0 Å². The molecule has 6 heteroatoms. The van der Waals surface area contributed by atoms with Crippen LogP contribution in [0.4, 0.5) is 8.78 Å². The maximum absolute atomic E-state index is 14.8. The molecule has 0 fully saturated rings. The van der Waals surface area contributed by atoms with Gasteiger partial charge in [-0.05, 0) is 121 Å². The Morgan fingerprint density at radius 2 is 1.62 bits per heavy atom. The minimum atomic E-state index is -0.410. The summed E-state index contributed by atoms with van der Waals surface area (Å²) in [6, 6.07) is 21.3. The SMILES string of the molecule is COc1cccc([C@@H](C)NC(C)c2cc(-c3cc(F)cc(CCC(=O)OC(C)C)c3)c3cc(F)ccc3c2)c1. The van der Waals surface area contributed by atoms with Gasteiger partial charge in [0.15, 0.2) is 0 Å². The van der Waals surface area contributed by atoms with Crippen molar-refractivity contribution in [3.63, 3.8) is 0 Å². The van der Waals surface area contributed by atoms with Gasteiger partial charge in [-0.25, -0.2) is 8.78 Å². The van der Waals surface area contributed by atoms with Crippen LogP contribution in [0.1, 0.15) is 62.9 Å². The van der Waals surface area contributed by atoms with Crippen LogP contribution in [0.3, 0.4) is 0 Å². The Morgan fingerprint density at radius 3 is 2.36 bits per heavy atom. The maximum Gasteiger partial charge on any atom is 0.306 e. The number of aryl methyl sites for hydroxylation is 1. The van der Waals surface area contributed by atoms with Gasteiger partial charge in [-0.15, -0.1) is 0 Å². The van der Waals surface area contributed by atoms with Crippen molar-refractivity contribution in [2.45, 2.75) is 58.7 Å². The molecule has 0 spiro atoms. The first-order chi connectivity index (χ1) is 18.6. The summed E-state index contributed by atoms with van der Waals surface area (Å²) >= 11 is 0. The minimum Gasteiger partial charge on any atom is -0.497 e. The second kappa shape index (κ2) is 12.4. The van der Waals surface area contributed by atoms with Crippen LogP contribution in [0.25, 0.3) is 21.9 Å². The summed E-state index contributed by atoms with van der Waals surface area (Å²) in [6.07, 6.45) is 0.296. The predicted octanol–water partition coefficient (Wildman–Crippen LogP) is 8.09. The van der Waals surface area contributed by atoms with Crippen LogP contribution in [0.2, 0.25) is 0 Å². The Bertz CT molecular complexity index is 1470. The molecule has 4 aromatic carbocycles. The zero-order valence-corrected chi connectivity index (χ0v) is 23.1. The average Bonchev–Trinajstić information content (AvgIpc) is 2.90. The van der Waals surface area contributed by atoms with E-state index in [0.717, 1.165) is 27.8 Å². The Morgan fingerprint density at radius 1 is 0.846 bits per heavy atom. The van der Waals surface area contributed by atoms with Gasteiger partial charge in [0.2, 0.25) is 0 Å². The molecule has 1 unspecified atom stereocenters. The molecule has 4 nitrogen and oxygen atoms in total. The molecule has 0 radical (unpaired) electrons. The van der Waals surface area contributed by atoms with E-state index in [-0.39, 0.29) is 36.4 Å². The quantitative estimate of drug-likeness (QED) is 0.210. The van der Waals surface area contributed by atoms with Gasteiger partial charge in [0.25, 0.3) is 0 Å². The standard InChI is InChI=1S/C33H35F2NO3/c1-20(2)39-33(37)12-9-23-13-27(16-29(35)14-23)31-18-26(15-25-10-11-28(34)19-32(25)31)22(4)36-21(3)24-7-6-8-30(17-24)38-5/h6-8,10-11,13-22,36H,9,12H2,1-5H3/t21-,22?/m1/s1. The number of hydrogen-bond donors (Lipinski definition) is 1. The Balaban J connectivity index is 1.68. The highest BCUT2D eigenvalue weighted by atomic mass is 19.1. The molecule has 0 amide bonds. The molecule has 4 aromatic rings. The predicted molar refractivity (Wildman–Crippen MR) is 152 cm³/mol. The summed E-state index contributed by atoms with van der Waals surface area (Å²) in [5.74, 6) is -0.298. The van der Waals surface area contributed by atoms with Crippen molar-refractivity contribution in [1.29, 1.82) is 0 Å². The molecule has 0 aliphatic rings. The molecule has 0 bridgehead atoms. The van der Waals surface area contributed by atoms with Crippen LogP contribution in [-0.2, 0) is 16.0 Å². The number of methoxy groups -OCH3 is 1. The van der Waals surface area contributed by atoms with E-state index in [9.17, 15) is 13.6 Å². The van der Waals surface area contributed by atoms with Gasteiger partial charge in [0.05, 0.1) is 13.2 Å². The highest BCUT2D eigenvalue weighted by molar-refractivity contribution is 5.97. The summed E-state index contributed by atoms with van der Waals surface area (Å²) in [6.45, 7) is 7.75. The third-order valence-corrected chi connectivity index (χ3v) is 6.79. The van der Waals surface area contributed by atoms with Crippen LogP contribution in [-0.4, -0.2) is 19.2 Å². The summed E-state index contributed by atoms with van der Waals surface area (Å²) in [5.41, 5.74) is 4.13. The number of benzene rings is 4.